The van der Waals surface area contributed by atoms with Gasteiger partial charge in [-0.05, 0) is 97.9 Å². The Morgan fingerprint density at radius 1 is 0.560 bits per heavy atom. The Hall–Kier alpha value is -4.14. The number of amides is 2. The summed E-state index contributed by atoms with van der Waals surface area (Å²) in [5.41, 5.74) is 1.60. The Morgan fingerprint density at radius 2 is 0.920 bits per heavy atom. The van der Waals surface area contributed by atoms with Crippen LogP contribution in [0.2, 0.25) is 0 Å². The van der Waals surface area contributed by atoms with E-state index in [1.54, 1.807) is 0 Å². The van der Waals surface area contributed by atoms with Crippen LogP contribution < -0.4 is 0 Å². The Bertz CT molecular complexity index is 1680. The maximum Gasteiger partial charge on any atom is 0.410 e. The van der Waals surface area contributed by atoms with Crippen molar-refractivity contribution in [3.8, 4) is 0 Å². The van der Waals surface area contributed by atoms with Crippen molar-refractivity contribution >= 4 is 33.7 Å². The summed E-state index contributed by atoms with van der Waals surface area (Å²) >= 11 is 0. The lowest BCUT2D eigenvalue weighted by Gasteiger charge is -2.45. The Morgan fingerprint density at radius 3 is 1.30 bits per heavy atom. The van der Waals surface area contributed by atoms with Gasteiger partial charge in [0.2, 0.25) is 0 Å². The summed E-state index contributed by atoms with van der Waals surface area (Å²) in [6.07, 6.45) is 6.79. The van der Waals surface area contributed by atoms with Gasteiger partial charge >= 0.3 is 12.2 Å². The molecule has 4 fully saturated rings. The molecule has 8 rings (SSSR count). The third-order valence-electron chi connectivity index (χ3n) is 11.9. The molecule has 264 valence electrons. The lowest BCUT2D eigenvalue weighted by molar-refractivity contribution is -0.0910. The predicted octanol–water partition coefficient (Wildman–Crippen LogP) is 8.83. The normalized spacial score (nSPS) is 28.2. The molecule has 2 spiro atoms. The third-order valence-corrected chi connectivity index (χ3v) is 11.9. The van der Waals surface area contributed by atoms with E-state index >= 15 is 0 Å². The molecule has 2 N–H and O–H groups in total. The van der Waals surface area contributed by atoms with E-state index in [1.807, 2.05) is 46.2 Å². The quantitative estimate of drug-likeness (QED) is 0.224. The lowest BCUT2D eigenvalue weighted by Crippen LogP contribution is -2.52. The van der Waals surface area contributed by atoms with E-state index in [4.69, 9.17) is 9.47 Å². The molecule has 0 unspecified atom stereocenters. The van der Waals surface area contributed by atoms with Crippen LogP contribution >= 0.6 is 0 Å². The minimum Gasteiger partial charge on any atom is -0.443 e. The zero-order valence-electron chi connectivity index (χ0n) is 29.3. The molecule has 2 saturated carbocycles. The lowest BCUT2D eigenvalue weighted by atomic mass is 9.80. The molecule has 8 heteroatoms. The molecular formula is C42H50N2O6. The molecule has 4 aromatic rings. The third kappa shape index (κ3) is 6.93. The smallest absolute Gasteiger partial charge is 0.410 e. The molecule has 2 atom stereocenters. The first-order chi connectivity index (χ1) is 24.2. The van der Waals surface area contributed by atoms with Crippen molar-refractivity contribution in [2.75, 3.05) is 13.1 Å². The fraction of sp³-hybridized carbons (Fsp3) is 0.476. The second-order valence-electron chi connectivity index (χ2n) is 14.9. The molecule has 0 aromatic heterocycles. The standard InChI is InChI=1S/2C21H25NO3/c2*1-15(18-8-4-6-16-5-2-3-7-19(16)18)22-14-13-21(25-20(22)24)11-9-17(23)10-12-21/h2*2-8,15,17,23H,9-14H2,1H3/t2*15-,17?,21?/m00/s1. The summed E-state index contributed by atoms with van der Waals surface area (Å²) in [7, 11) is 0. The number of aliphatic hydroxyl groups is 2. The monoisotopic (exact) mass is 678 g/mol. The molecule has 2 amide bonds. The first-order valence-electron chi connectivity index (χ1n) is 18.5. The fourth-order valence-electron chi connectivity index (χ4n) is 8.65. The molecular weight excluding hydrogens is 628 g/mol. The highest BCUT2D eigenvalue weighted by Crippen LogP contribution is 2.42. The molecule has 50 heavy (non-hydrogen) atoms. The summed E-state index contributed by atoms with van der Waals surface area (Å²) in [5, 5.41) is 24.2. The van der Waals surface area contributed by atoms with Gasteiger partial charge < -0.3 is 29.5 Å². The number of carbonyl (C=O) groups excluding carboxylic acids is 2. The fourth-order valence-corrected chi connectivity index (χ4v) is 8.65. The molecule has 2 heterocycles. The van der Waals surface area contributed by atoms with Crippen LogP contribution in [0.15, 0.2) is 84.9 Å². The number of nitrogens with zero attached hydrogens (tertiary/aromatic N) is 2. The molecule has 4 aromatic carbocycles. The van der Waals surface area contributed by atoms with E-state index in [9.17, 15) is 19.8 Å². The van der Waals surface area contributed by atoms with Crippen LogP contribution in [0.4, 0.5) is 9.59 Å². The van der Waals surface area contributed by atoms with Crippen LogP contribution in [0, 0.1) is 0 Å². The van der Waals surface area contributed by atoms with Crippen LogP contribution in [0.1, 0.15) is 101 Å². The maximum atomic E-state index is 12.7. The van der Waals surface area contributed by atoms with Gasteiger partial charge in [0.15, 0.2) is 0 Å². The first-order valence-corrected chi connectivity index (χ1v) is 18.5. The van der Waals surface area contributed by atoms with Gasteiger partial charge in [-0.1, -0.05) is 84.9 Å². The second kappa shape index (κ2) is 14.2. The van der Waals surface area contributed by atoms with Gasteiger partial charge in [-0.15, -0.1) is 0 Å². The highest BCUT2D eigenvalue weighted by Gasteiger charge is 2.45. The van der Waals surface area contributed by atoms with E-state index < -0.39 is 0 Å². The van der Waals surface area contributed by atoms with Crippen LogP contribution in [0.25, 0.3) is 21.5 Å². The number of carbonyl (C=O) groups is 2. The Labute approximate surface area is 295 Å². The predicted molar refractivity (Wildman–Crippen MR) is 195 cm³/mol. The van der Waals surface area contributed by atoms with E-state index in [0.29, 0.717) is 13.1 Å². The summed E-state index contributed by atoms with van der Waals surface area (Å²) in [5.74, 6) is 0. The van der Waals surface area contributed by atoms with Gasteiger partial charge in [0.25, 0.3) is 0 Å². The van der Waals surface area contributed by atoms with Gasteiger partial charge in [-0.25, -0.2) is 9.59 Å². The van der Waals surface area contributed by atoms with Gasteiger partial charge in [0.1, 0.15) is 11.2 Å². The summed E-state index contributed by atoms with van der Waals surface area (Å²) in [4.78, 5) is 29.2. The highest BCUT2D eigenvalue weighted by molar-refractivity contribution is 5.87. The average molecular weight is 679 g/mol. The zero-order valence-corrected chi connectivity index (χ0v) is 29.3. The number of hydrogen-bond donors (Lipinski definition) is 2. The van der Waals surface area contributed by atoms with Crippen LogP contribution in [-0.2, 0) is 9.47 Å². The van der Waals surface area contributed by atoms with E-state index in [1.165, 1.54) is 21.5 Å². The minimum atomic E-state index is -0.356. The van der Waals surface area contributed by atoms with Gasteiger partial charge in [-0.3, -0.25) is 0 Å². The molecule has 0 bridgehead atoms. The molecule has 2 saturated heterocycles. The van der Waals surface area contributed by atoms with Gasteiger partial charge in [0, 0.05) is 25.9 Å². The zero-order chi connectivity index (χ0) is 34.9. The Kier molecular flexibility index (Phi) is 9.77. The van der Waals surface area contributed by atoms with Crippen molar-refractivity contribution in [2.45, 2.75) is 114 Å². The van der Waals surface area contributed by atoms with Crippen molar-refractivity contribution in [1.82, 2.24) is 9.80 Å². The van der Waals surface area contributed by atoms with Crippen molar-refractivity contribution in [3.63, 3.8) is 0 Å². The number of ether oxygens (including phenoxy) is 2. The van der Waals surface area contributed by atoms with E-state index in [-0.39, 0.29) is 47.7 Å². The summed E-state index contributed by atoms with van der Waals surface area (Å²) in [6.45, 7) is 5.57. The topological polar surface area (TPSA) is 99.5 Å². The molecule has 2 aliphatic carbocycles. The average Bonchev–Trinajstić information content (AvgIpc) is 3.14. The molecule has 8 nitrogen and oxygen atoms in total. The largest absolute Gasteiger partial charge is 0.443 e. The van der Waals surface area contributed by atoms with Crippen LogP contribution in [0.3, 0.4) is 0 Å². The highest BCUT2D eigenvalue weighted by atomic mass is 16.6. The molecule has 0 radical (unpaired) electrons. The summed E-state index contributed by atoms with van der Waals surface area (Å²) in [6, 6.07) is 29.0. The molecule has 4 aliphatic rings. The number of benzene rings is 4. The summed E-state index contributed by atoms with van der Waals surface area (Å²) < 4.78 is 11.8. The number of rotatable bonds is 4. The molecule has 2 aliphatic heterocycles. The second-order valence-corrected chi connectivity index (χ2v) is 14.9. The van der Waals surface area contributed by atoms with Crippen LogP contribution in [0.5, 0.6) is 0 Å². The van der Waals surface area contributed by atoms with Crippen molar-refractivity contribution in [3.05, 3.63) is 96.1 Å². The van der Waals surface area contributed by atoms with Crippen molar-refractivity contribution in [1.29, 1.82) is 0 Å². The Balaban J connectivity index is 0.000000157. The van der Waals surface area contributed by atoms with E-state index in [2.05, 4.69) is 62.4 Å². The van der Waals surface area contributed by atoms with Crippen molar-refractivity contribution < 1.29 is 29.3 Å². The maximum absolute atomic E-state index is 12.7. The minimum absolute atomic E-state index is 0.0230. The number of fused-ring (bicyclic) bond motifs is 2. The number of hydrogen-bond acceptors (Lipinski definition) is 6. The van der Waals surface area contributed by atoms with Gasteiger partial charge in [-0.2, -0.15) is 0 Å². The van der Waals surface area contributed by atoms with Gasteiger partial charge in [0.05, 0.1) is 24.3 Å². The van der Waals surface area contributed by atoms with E-state index in [0.717, 1.165) is 75.3 Å². The first kappa shape index (κ1) is 34.3. The SMILES string of the molecule is C[C@@H](c1cccc2ccccc12)N1CCC2(CCC(O)CC2)OC1=O.C[C@@H](c1cccc2ccccc12)N1CCC2(CCC(O)CC2)OC1=O. The van der Waals surface area contributed by atoms with Crippen LogP contribution in [-0.4, -0.2) is 68.7 Å². The van der Waals surface area contributed by atoms with Crippen molar-refractivity contribution in [2.24, 2.45) is 0 Å². The number of aliphatic hydroxyl groups excluding tert-OH is 2.